The summed E-state index contributed by atoms with van der Waals surface area (Å²) in [5.74, 6) is 1.34. The SMILES string of the molecule is CCN(CC)c1nc(Cl)nc(N(C)C2CC2)n1. The van der Waals surface area contributed by atoms with Crippen molar-refractivity contribution in [3.63, 3.8) is 0 Å². The largest absolute Gasteiger partial charge is 0.341 e. The van der Waals surface area contributed by atoms with Gasteiger partial charge in [0.25, 0.3) is 0 Å². The number of halogens is 1. The number of rotatable bonds is 5. The molecule has 0 saturated heterocycles. The van der Waals surface area contributed by atoms with Gasteiger partial charge in [-0.2, -0.15) is 15.0 Å². The Hall–Kier alpha value is -1.10. The second-order valence-electron chi connectivity index (χ2n) is 4.22. The summed E-state index contributed by atoms with van der Waals surface area (Å²) in [4.78, 5) is 17.0. The zero-order chi connectivity index (χ0) is 12.4. The van der Waals surface area contributed by atoms with Crippen molar-refractivity contribution in [1.29, 1.82) is 0 Å². The van der Waals surface area contributed by atoms with E-state index in [0.717, 1.165) is 13.1 Å². The van der Waals surface area contributed by atoms with Crippen LogP contribution < -0.4 is 9.80 Å². The van der Waals surface area contributed by atoms with Crippen molar-refractivity contribution in [2.75, 3.05) is 29.9 Å². The van der Waals surface area contributed by atoms with Gasteiger partial charge in [-0.1, -0.05) is 0 Å². The van der Waals surface area contributed by atoms with Gasteiger partial charge in [0.15, 0.2) is 0 Å². The average molecular weight is 256 g/mol. The predicted octanol–water partition coefficient (Wildman–Crippen LogP) is 1.97. The van der Waals surface area contributed by atoms with E-state index in [4.69, 9.17) is 11.6 Å². The molecule has 0 amide bonds. The first kappa shape index (κ1) is 12.4. The number of hydrogen-bond donors (Lipinski definition) is 0. The summed E-state index contributed by atoms with van der Waals surface area (Å²) < 4.78 is 0. The minimum atomic E-state index is 0.268. The lowest BCUT2D eigenvalue weighted by Crippen LogP contribution is -2.27. The average Bonchev–Trinajstić information content (AvgIpc) is 3.13. The van der Waals surface area contributed by atoms with Crippen LogP contribution in [0.3, 0.4) is 0 Å². The van der Waals surface area contributed by atoms with Crippen LogP contribution in [0.25, 0.3) is 0 Å². The molecule has 1 fully saturated rings. The van der Waals surface area contributed by atoms with Crippen molar-refractivity contribution < 1.29 is 0 Å². The number of aromatic nitrogens is 3. The summed E-state index contributed by atoms with van der Waals surface area (Å²) in [5.41, 5.74) is 0. The smallest absolute Gasteiger partial charge is 0.231 e. The van der Waals surface area contributed by atoms with Gasteiger partial charge in [-0.3, -0.25) is 0 Å². The van der Waals surface area contributed by atoms with E-state index >= 15 is 0 Å². The van der Waals surface area contributed by atoms with Crippen LogP contribution in [0.1, 0.15) is 26.7 Å². The Morgan fingerprint density at radius 3 is 2.24 bits per heavy atom. The second kappa shape index (κ2) is 5.04. The van der Waals surface area contributed by atoms with E-state index in [0.29, 0.717) is 17.9 Å². The van der Waals surface area contributed by atoms with Crippen LogP contribution in [0, 0.1) is 0 Å². The second-order valence-corrected chi connectivity index (χ2v) is 4.56. The van der Waals surface area contributed by atoms with Crippen LogP contribution in [0.15, 0.2) is 0 Å². The summed E-state index contributed by atoms with van der Waals surface area (Å²) in [7, 11) is 2.01. The van der Waals surface area contributed by atoms with Crippen molar-refractivity contribution in [2.45, 2.75) is 32.7 Å². The number of hydrogen-bond acceptors (Lipinski definition) is 5. The molecule has 0 N–H and O–H groups in total. The highest BCUT2D eigenvalue weighted by atomic mass is 35.5. The van der Waals surface area contributed by atoms with Crippen molar-refractivity contribution >= 4 is 23.5 Å². The molecular weight excluding hydrogens is 238 g/mol. The van der Waals surface area contributed by atoms with Gasteiger partial charge < -0.3 is 9.80 Å². The van der Waals surface area contributed by atoms with Gasteiger partial charge in [0, 0.05) is 26.2 Å². The number of anilines is 2. The Morgan fingerprint density at radius 2 is 1.71 bits per heavy atom. The molecule has 17 heavy (non-hydrogen) atoms. The molecule has 1 aliphatic carbocycles. The van der Waals surface area contributed by atoms with Crippen LogP contribution in [0.5, 0.6) is 0 Å². The quantitative estimate of drug-likeness (QED) is 0.805. The molecule has 1 heterocycles. The first-order valence-electron chi connectivity index (χ1n) is 6.05. The van der Waals surface area contributed by atoms with Crippen molar-refractivity contribution in [1.82, 2.24) is 15.0 Å². The van der Waals surface area contributed by atoms with E-state index in [9.17, 15) is 0 Å². The lowest BCUT2D eigenvalue weighted by Gasteiger charge is -2.21. The summed E-state index contributed by atoms with van der Waals surface area (Å²) in [6.45, 7) is 5.88. The lowest BCUT2D eigenvalue weighted by molar-refractivity contribution is 0.789. The third-order valence-corrected chi connectivity index (χ3v) is 3.21. The normalized spacial score (nSPS) is 14.8. The Bertz CT molecular complexity index is 369. The molecule has 94 valence electrons. The zero-order valence-corrected chi connectivity index (χ0v) is 11.3. The third kappa shape index (κ3) is 2.77. The van der Waals surface area contributed by atoms with E-state index in [1.165, 1.54) is 12.8 Å². The molecule has 5 nitrogen and oxygen atoms in total. The van der Waals surface area contributed by atoms with Crippen LogP contribution in [0.4, 0.5) is 11.9 Å². The van der Waals surface area contributed by atoms with Gasteiger partial charge in [0.1, 0.15) is 0 Å². The Morgan fingerprint density at radius 1 is 1.12 bits per heavy atom. The molecule has 0 atom stereocenters. The molecule has 0 aliphatic heterocycles. The van der Waals surface area contributed by atoms with Crippen LogP contribution >= 0.6 is 11.6 Å². The molecule has 1 aromatic heterocycles. The minimum Gasteiger partial charge on any atom is -0.341 e. The molecule has 0 bridgehead atoms. The molecule has 0 radical (unpaired) electrons. The van der Waals surface area contributed by atoms with Gasteiger partial charge in [-0.25, -0.2) is 0 Å². The highest BCUT2D eigenvalue weighted by molar-refractivity contribution is 6.28. The molecule has 1 aromatic rings. The van der Waals surface area contributed by atoms with Gasteiger partial charge in [-0.05, 0) is 38.3 Å². The van der Waals surface area contributed by atoms with Gasteiger partial charge in [0.05, 0.1) is 0 Å². The Labute approximate surface area is 107 Å². The molecule has 0 aromatic carbocycles. The zero-order valence-electron chi connectivity index (χ0n) is 10.5. The van der Waals surface area contributed by atoms with E-state index in [-0.39, 0.29) is 5.28 Å². The molecule has 6 heteroatoms. The van der Waals surface area contributed by atoms with E-state index in [1.54, 1.807) is 0 Å². The monoisotopic (exact) mass is 255 g/mol. The van der Waals surface area contributed by atoms with Crippen molar-refractivity contribution in [3.8, 4) is 0 Å². The molecule has 0 unspecified atom stereocenters. The predicted molar refractivity (Wildman–Crippen MR) is 69.8 cm³/mol. The fraction of sp³-hybridized carbons (Fsp3) is 0.727. The standard InChI is InChI=1S/C11H18ClN5/c1-4-17(5-2)11-14-9(12)13-10(15-11)16(3)8-6-7-8/h8H,4-7H2,1-3H3. The lowest BCUT2D eigenvalue weighted by atomic mass is 10.5. The van der Waals surface area contributed by atoms with Crippen LogP contribution in [-0.4, -0.2) is 41.1 Å². The molecule has 2 rings (SSSR count). The molecule has 1 aliphatic rings. The third-order valence-electron chi connectivity index (χ3n) is 3.04. The van der Waals surface area contributed by atoms with E-state index in [2.05, 4.69) is 38.6 Å². The molecule has 1 saturated carbocycles. The van der Waals surface area contributed by atoms with Gasteiger partial charge >= 0.3 is 0 Å². The van der Waals surface area contributed by atoms with Crippen LogP contribution in [-0.2, 0) is 0 Å². The summed E-state index contributed by atoms with van der Waals surface area (Å²) in [6, 6.07) is 0.568. The highest BCUT2D eigenvalue weighted by Gasteiger charge is 2.28. The van der Waals surface area contributed by atoms with Gasteiger partial charge in [0.2, 0.25) is 17.2 Å². The molecule has 0 spiro atoms. The summed E-state index contributed by atoms with van der Waals surface area (Å²) in [5, 5.41) is 0.268. The fourth-order valence-electron chi connectivity index (χ4n) is 1.76. The fourth-order valence-corrected chi connectivity index (χ4v) is 1.91. The Kier molecular flexibility index (Phi) is 3.66. The van der Waals surface area contributed by atoms with E-state index < -0.39 is 0 Å². The first-order valence-corrected chi connectivity index (χ1v) is 6.42. The summed E-state index contributed by atoms with van der Waals surface area (Å²) >= 11 is 5.96. The van der Waals surface area contributed by atoms with Gasteiger partial charge in [-0.15, -0.1) is 0 Å². The first-order chi connectivity index (χ1) is 8.15. The summed E-state index contributed by atoms with van der Waals surface area (Å²) in [6.07, 6.45) is 2.42. The Balaban J connectivity index is 2.27. The maximum absolute atomic E-state index is 5.96. The van der Waals surface area contributed by atoms with Crippen molar-refractivity contribution in [3.05, 3.63) is 5.28 Å². The van der Waals surface area contributed by atoms with Crippen molar-refractivity contribution in [2.24, 2.45) is 0 Å². The highest BCUT2D eigenvalue weighted by Crippen LogP contribution is 2.29. The molecular formula is C11H18ClN5. The van der Waals surface area contributed by atoms with Crippen LogP contribution in [0.2, 0.25) is 5.28 Å². The van der Waals surface area contributed by atoms with E-state index in [1.807, 2.05) is 7.05 Å². The topological polar surface area (TPSA) is 45.2 Å². The minimum absolute atomic E-state index is 0.268. The maximum atomic E-state index is 5.96. The number of nitrogens with zero attached hydrogens (tertiary/aromatic N) is 5. The maximum Gasteiger partial charge on any atom is 0.231 e.